The van der Waals surface area contributed by atoms with E-state index in [1.165, 1.54) is 24.5 Å². The van der Waals surface area contributed by atoms with Gasteiger partial charge < -0.3 is 10.2 Å². The molecule has 0 aliphatic carbocycles. The van der Waals surface area contributed by atoms with Gasteiger partial charge in [-0.3, -0.25) is 0 Å². The molecule has 2 heterocycles. The van der Waals surface area contributed by atoms with E-state index in [1.807, 2.05) is 0 Å². The molecule has 0 aliphatic heterocycles. The van der Waals surface area contributed by atoms with Gasteiger partial charge in [-0.05, 0) is 12.1 Å². The van der Waals surface area contributed by atoms with Gasteiger partial charge in [0.05, 0.1) is 0 Å². The molecule has 15 heavy (non-hydrogen) atoms. The average molecular weight is 385 g/mol. The first-order valence-electron chi connectivity index (χ1n) is 3.99. The van der Waals surface area contributed by atoms with Gasteiger partial charge in [0.1, 0.15) is 0 Å². The molecule has 4 nitrogen and oxygen atoms in total. The second kappa shape index (κ2) is 7.94. The zero-order valence-corrected chi connectivity index (χ0v) is 10.00. The van der Waals surface area contributed by atoms with Crippen molar-refractivity contribution in [1.29, 1.82) is 0 Å². The first-order chi connectivity index (χ1) is 6.79. The van der Waals surface area contributed by atoms with Crippen molar-refractivity contribution in [2.75, 3.05) is 0 Å². The van der Waals surface area contributed by atoms with Gasteiger partial charge in [-0.1, -0.05) is 12.1 Å². The first kappa shape index (κ1) is 13.6. The maximum Gasteiger partial charge on any atom is 0.210 e. The van der Waals surface area contributed by atoms with Crippen LogP contribution in [0.1, 0.15) is 0 Å². The molecule has 5 heteroatoms. The summed E-state index contributed by atoms with van der Waals surface area (Å²) in [5.41, 5.74) is 0. The second-order valence-corrected chi connectivity index (χ2v) is 2.38. The second-order valence-electron chi connectivity index (χ2n) is 2.38. The minimum atomic E-state index is 0. The fourth-order valence-electron chi connectivity index (χ4n) is 0.707. The molecule has 0 unspecified atom stereocenters. The van der Waals surface area contributed by atoms with Gasteiger partial charge in [-0.25, -0.2) is 9.97 Å². The summed E-state index contributed by atoms with van der Waals surface area (Å²) in [5.74, 6) is 0.144. The molecule has 0 amide bonds. The normalized spacial score (nSPS) is 8.00. The summed E-state index contributed by atoms with van der Waals surface area (Å²) in [5, 5.41) is 17.0. The molecule has 82 valence electrons. The molecule has 0 saturated heterocycles. The summed E-state index contributed by atoms with van der Waals surface area (Å²) in [7, 11) is 0. The fourth-order valence-corrected chi connectivity index (χ4v) is 0.707. The molecular weight excluding hydrogens is 375 g/mol. The molecule has 0 aliphatic rings. The summed E-state index contributed by atoms with van der Waals surface area (Å²) < 4.78 is 0. The smallest absolute Gasteiger partial charge is 0.210 e. The van der Waals surface area contributed by atoms with E-state index in [9.17, 15) is 0 Å². The predicted molar refractivity (Wildman–Crippen MR) is 51.8 cm³/mol. The van der Waals surface area contributed by atoms with Crippen molar-refractivity contribution in [2.45, 2.75) is 0 Å². The number of hydrogen-bond donors (Lipinski definition) is 2. The van der Waals surface area contributed by atoms with Crippen molar-refractivity contribution in [1.82, 2.24) is 9.97 Å². The number of hydrogen-bond acceptors (Lipinski definition) is 4. The summed E-state index contributed by atoms with van der Waals surface area (Å²) in [6.07, 6.45) is 3.07. The molecule has 2 N–H and O–H groups in total. The Balaban J connectivity index is 0.000000245. The molecule has 0 atom stereocenters. The van der Waals surface area contributed by atoms with E-state index in [0.29, 0.717) is 0 Å². The van der Waals surface area contributed by atoms with Crippen LogP contribution in [0.4, 0.5) is 0 Å². The van der Waals surface area contributed by atoms with Crippen LogP contribution in [0.5, 0.6) is 11.8 Å². The molecule has 0 fully saturated rings. The predicted octanol–water partition coefficient (Wildman–Crippen LogP) is 1.57. The Bertz CT molecular complexity index is 319. The molecule has 2 aromatic rings. The topological polar surface area (TPSA) is 66.2 Å². The van der Waals surface area contributed by atoms with Gasteiger partial charge >= 0.3 is 0 Å². The molecule has 0 aromatic carbocycles. The van der Waals surface area contributed by atoms with Gasteiger partial charge in [-0.15, -0.1) is 0 Å². The van der Waals surface area contributed by atoms with Crippen molar-refractivity contribution < 1.29 is 31.3 Å². The Morgan fingerprint density at radius 3 is 1.27 bits per heavy atom. The number of pyridine rings is 2. The Morgan fingerprint density at radius 2 is 1.13 bits per heavy atom. The third kappa shape index (κ3) is 6.63. The molecule has 0 radical (unpaired) electrons. The zero-order chi connectivity index (χ0) is 10.2. The number of rotatable bonds is 0. The van der Waals surface area contributed by atoms with E-state index >= 15 is 0 Å². The zero-order valence-electron chi connectivity index (χ0n) is 7.72. The maximum absolute atomic E-state index is 8.52. The SMILES string of the molecule is Oc1ccccn1.Oc1ccccn1.[Pt]. The van der Waals surface area contributed by atoms with Crippen molar-refractivity contribution in [3.8, 4) is 11.8 Å². The van der Waals surface area contributed by atoms with Gasteiger partial charge in [0.2, 0.25) is 11.8 Å². The van der Waals surface area contributed by atoms with Crippen LogP contribution in [0.15, 0.2) is 48.8 Å². The number of nitrogens with zero attached hydrogens (tertiary/aromatic N) is 2. The maximum atomic E-state index is 8.52. The van der Waals surface area contributed by atoms with E-state index in [1.54, 1.807) is 24.3 Å². The number of aromatic hydroxyl groups is 2. The fraction of sp³-hybridized carbons (Fsp3) is 0. The number of aromatic nitrogens is 2. The van der Waals surface area contributed by atoms with Crippen molar-refractivity contribution in [3.05, 3.63) is 48.8 Å². The summed E-state index contributed by atoms with van der Waals surface area (Å²) >= 11 is 0. The monoisotopic (exact) mass is 385 g/mol. The van der Waals surface area contributed by atoms with Crippen LogP contribution in [0, 0.1) is 0 Å². The Kier molecular flexibility index (Phi) is 7.20. The van der Waals surface area contributed by atoms with Crippen LogP contribution >= 0.6 is 0 Å². The Labute approximate surface area is 102 Å². The van der Waals surface area contributed by atoms with E-state index in [2.05, 4.69) is 9.97 Å². The third-order valence-corrected chi connectivity index (χ3v) is 1.30. The third-order valence-electron chi connectivity index (χ3n) is 1.30. The Hall–Kier alpha value is -1.41. The van der Waals surface area contributed by atoms with E-state index < -0.39 is 0 Å². The summed E-state index contributed by atoms with van der Waals surface area (Å²) in [4.78, 5) is 7.07. The van der Waals surface area contributed by atoms with E-state index in [-0.39, 0.29) is 32.8 Å². The molecular formula is C10H10N2O2Pt. The summed E-state index contributed by atoms with van der Waals surface area (Å²) in [6.45, 7) is 0. The van der Waals surface area contributed by atoms with Gasteiger partial charge in [0.25, 0.3) is 0 Å². The van der Waals surface area contributed by atoms with E-state index in [4.69, 9.17) is 10.2 Å². The summed E-state index contributed by atoms with van der Waals surface area (Å²) in [6, 6.07) is 10.0. The van der Waals surface area contributed by atoms with Crippen molar-refractivity contribution >= 4 is 0 Å². The van der Waals surface area contributed by atoms with Gasteiger partial charge in [0.15, 0.2) is 0 Å². The largest absolute Gasteiger partial charge is 0.493 e. The standard InChI is InChI=1S/2C5H5NO.Pt/c2*7-5-3-1-2-4-6-5;/h2*1-4H,(H,6,7);. The van der Waals surface area contributed by atoms with E-state index in [0.717, 1.165) is 0 Å². The van der Waals surface area contributed by atoms with Crippen LogP contribution in [0.25, 0.3) is 0 Å². The van der Waals surface area contributed by atoms with Crippen LogP contribution in [-0.4, -0.2) is 20.2 Å². The van der Waals surface area contributed by atoms with Crippen LogP contribution < -0.4 is 0 Å². The van der Waals surface area contributed by atoms with Crippen molar-refractivity contribution in [3.63, 3.8) is 0 Å². The average Bonchev–Trinajstić information content (AvgIpc) is 2.21. The first-order valence-corrected chi connectivity index (χ1v) is 3.99. The quantitative estimate of drug-likeness (QED) is 0.723. The molecule has 2 aromatic heterocycles. The minimum Gasteiger partial charge on any atom is -0.493 e. The molecule has 0 spiro atoms. The van der Waals surface area contributed by atoms with Crippen LogP contribution in [-0.2, 0) is 21.1 Å². The Morgan fingerprint density at radius 1 is 0.733 bits per heavy atom. The molecule has 0 bridgehead atoms. The van der Waals surface area contributed by atoms with Gasteiger partial charge in [-0.2, -0.15) is 0 Å². The van der Waals surface area contributed by atoms with Crippen LogP contribution in [0.2, 0.25) is 0 Å². The van der Waals surface area contributed by atoms with Crippen LogP contribution in [0.3, 0.4) is 0 Å². The minimum absolute atomic E-state index is 0. The molecule has 0 saturated carbocycles. The van der Waals surface area contributed by atoms with Gasteiger partial charge in [0, 0.05) is 45.6 Å². The van der Waals surface area contributed by atoms with Crippen molar-refractivity contribution in [2.24, 2.45) is 0 Å². The molecule has 2 rings (SSSR count).